The van der Waals surface area contributed by atoms with Crippen molar-refractivity contribution in [1.82, 2.24) is 14.9 Å². The predicted molar refractivity (Wildman–Crippen MR) is 176 cm³/mol. The lowest BCUT2D eigenvalue weighted by Gasteiger charge is -2.51. The Balaban J connectivity index is 0.00000541. The van der Waals surface area contributed by atoms with Crippen molar-refractivity contribution in [3.8, 4) is 0 Å². The number of carbonyl (C=O) groups excluding carboxylic acids is 5. The van der Waals surface area contributed by atoms with E-state index in [1.54, 1.807) is 43.3 Å². The Morgan fingerprint density at radius 3 is 2.20 bits per heavy atom. The summed E-state index contributed by atoms with van der Waals surface area (Å²) in [7, 11) is 0. The zero-order valence-corrected chi connectivity index (χ0v) is 30.6. The second kappa shape index (κ2) is 15.9. The fraction of sp³-hybridized carbons (Fsp3) is 0.353. The molecule has 5 rings (SSSR count). The van der Waals surface area contributed by atoms with Crippen LogP contribution in [0.25, 0.3) is 5.70 Å². The van der Waals surface area contributed by atoms with E-state index < -0.39 is 46.3 Å². The number of hydrogen-bond donors (Lipinski definition) is 2. The Kier molecular flexibility index (Phi) is 12.1. The number of halogens is 1. The van der Waals surface area contributed by atoms with Gasteiger partial charge in [0.1, 0.15) is 35.9 Å². The first kappa shape index (κ1) is 37.4. The zero-order chi connectivity index (χ0) is 34.6. The molecule has 49 heavy (non-hydrogen) atoms. The van der Waals surface area contributed by atoms with Gasteiger partial charge in [-0.1, -0.05) is 60.7 Å². The number of esters is 1. The van der Waals surface area contributed by atoms with Crippen LogP contribution in [-0.2, 0) is 39.9 Å². The third-order valence-electron chi connectivity index (χ3n) is 7.69. The van der Waals surface area contributed by atoms with Crippen molar-refractivity contribution < 1.29 is 66.8 Å². The molecular weight excluding hydrogens is 765 g/mol. The molecule has 1 saturated heterocycles. The number of aryl methyl sites for hydroxylation is 1. The van der Waals surface area contributed by atoms with Gasteiger partial charge in [0.15, 0.2) is 11.8 Å². The van der Waals surface area contributed by atoms with Crippen molar-refractivity contribution in [2.75, 3.05) is 11.9 Å². The monoisotopic (exact) mass is 803 g/mol. The van der Waals surface area contributed by atoms with Gasteiger partial charge in [0.05, 0.1) is 17.0 Å². The minimum Gasteiger partial charge on any atom is -1.00 e. The first-order chi connectivity index (χ1) is 22.9. The molecule has 3 atom stereocenters. The summed E-state index contributed by atoms with van der Waals surface area (Å²) in [4.78, 5) is 65.0. The molecule has 2 aromatic carbocycles. The molecular formula is C34H38IN5O8S. The molecule has 2 N–H and O–H groups in total. The summed E-state index contributed by atoms with van der Waals surface area (Å²) < 4.78 is 20.0. The van der Waals surface area contributed by atoms with Gasteiger partial charge in [-0.25, -0.2) is 14.9 Å². The van der Waals surface area contributed by atoms with Crippen LogP contribution in [0, 0.1) is 6.92 Å². The van der Waals surface area contributed by atoms with E-state index in [0.717, 1.165) is 11.1 Å². The SMILES string of the molecule is Cc1cn(C2=C(C(=O)OC(c3ccccc3)c3ccccc3)N3C(=O)[C@@H](NC(=O)OC(C)(C)C)[C@H]3SC2C)[n+](CCOC=O)c1NC=O.[I-]. The van der Waals surface area contributed by atoms with Crippen LogP contribution < -0.4 is 39.3 Å². The summed E-state index contributed by atoms with van der Waals surface area (Å²) >= 11 is 1.37. The highest BCUT2D eigenvalue weighted by atomic mass is 127. The highest BCUT2D eigenvalue weighted by molar-refractivity contribution is 8.01. The molecule has 3 amide bonds. The largest absolute Gasteiger partial charge is 1.00 e. The number of amides is 3. The molecule has 260 valence electrons. The Morgan fingerprint density at radius 2 is 1.65 bits per heavy atom. The molecule has 0 spiro atoms. The molecule has 1 fully saturated rings. The van der Waals surface area contributed by atoms with E-state index in [-0.39, 0.29) is 42.8 Å². The normalized spacial score (nSPS) is 18.4. The van der Waals surface area contributed by atoms with Gasteiger partial charge in [0.2, 0.25) is 0 Å². The maximum absolute atomic E-state index is 14.6. The second-order valence-corrected chi connectivity index (χ2v) is 13.7. The van der Waals surface area contributed by atoms with Gasteiger partial charge in [-0.3, -0.25) is 19.3 Å². The molecule has 2 aliphatic heterocycles. The average molecular weight is 804 g/mol. The number of anilines is 1. The molecule has 1 aromatic heterocycles. The predicted octanol–water partition coefficient (Wildman–Crippen LogP) is 0.528. The third kappa shape index (κ3) is 8.09. The molecule has 1 unspecified atom stereocenters. The summed E-state index contributed by atoms with van der Waals surface area (Å²) in [5.74, 6) is -0.877. The fourth-order valence-corrected chi connectivity index (χ4v) is 7.16. The van der Waals surface area contributed by atoms with E-state index in [9.17, 15) is 24.0 Å². The maximum atomic E-state index is 14.6. The molecule has 3 heterocycles. The maximum Gasteiger partial charge on any atom is 0.408 e. The van der Waals surface area contributed by atoms with Crippen LogP contribution in [0.15, 0.2) is 72.6 Å². The van der Waals surface area contributed by atoms with Crippen LogP contribution in [0.4, 0.5) is 10.6 Å². The molecule has 0 saturated carbocycles. The number of benzene rings is 2. The van der Waals surface area contributed by atoms with E-state index in [1.807, 2.05) is 67.6 Å². The lowest BCUT2D eigenvalue weighted by Crippen LogP contribution is -3.00. The third-order valence-corrected chi connectivity index (χ3v) is 9.08. The number of β-lactam (4-membered cyclic amide) rings is 1. The van der Waals surface area contributed by atoms with Crippen molar-refractivity contribution in [3.05, 3.63) is 89.2 Å². The van der Waals surface area contributed by atoms with Gasteiger partial charge in [-0.2, -0.15) is 4.68 Å². The number of nitrogens with zero attached hydrogens (tertiary/aromatic N) is 3. The number of alkyl carbamates (subject to hydrolysis) is 1. The van der Waals surface area contributed by atoms with Gasteiger partial charge >= 0.3 is 17.9 Å². The number of thioether (sulfide) groups is 1. The van der Waals surface area contributed by atoms with E-state index >= 15 is 0 Å². The van der Waals surface area contributed by atoms with Gasteiger partial charge < -0.3 is 43.5 Å². The van der Waals surface area contributed by atoms with Crippen molar-refractivity contribution in [2.45, 2.75) is 69.5 Å². The second-order valence-electron chi connectivity index (χ2n) is 12.2. The lowest BCUT2D eigenvalue weighted by molar-refractivity contribution is -0.753. The molecule has 13 nitrogen and oxygen atoms in total. The Bertz CT molecular complexity index is 1690. The van der Waals surface area contributed by atoms with E-state index in [1.165, 1.54) is 16.7 Å². The smallest absolute Gasteiger partial charge is 0.408 e. The number of carbonyl (C=O) groups is 5. The summed E-state index contributed by atoms with van der Waals surface area (Å²) in [6.45, 7) is 9.22. The average Bonchev–Trinajstić information content (AvgIpc) is 3.35. The Labute approximate surface area is 305 Å². The molecule has 0 radical (unpaired) electrons. The molecule has 2 aliphatic rings. The van der Waals surface area contributed by atoms with Crippen molar-refractivity contribution in [2.24, 2.45) is 0 Å². The number of ether oxygens (including phenoxy) is 3. The Morgan fingerprint density at radius 1 is 1.04 bits per heavy atom. The topological polar surface area (TPSA) is 149 Å². The first-order valence-electron chi connectivity index (χ1n) is 15.4. The van der Waals surface area contributed by atoms with Crippen LogP contribution in [0.1, 0.15) is 50.5 Å². The Hall–Kier alpha value is -4.38. The summed E-state index contributed by atoms with van der Waals surface area (Å²) in [5.41, 5.74) is 1.70. The number of fused-ring (bicyclic) bond motifs is 1. The van der Waals surface area contributed by atoms with Gasteiger partial charge in [0.25, 0.3) is 18.8 Å². The van der Waals surface area contributed by atoms with Crippen LogP contribution in [0.3, 0.4) is 0 Å². The summed E-state index contributed by atoms with van der Waals surface area (Å²) in [6.07, 6.45) is 0.688. The molecule has 15 heteroatoms. The minimum absolute atomic E-state index is 0. The number of hydrogen-bond acceptors (Lipinski definition) is 9. The van der Waals surface area contributed by atoms with E-state index in [4.69, 9.17) is 14.2 Å². The molecule has 3 aromatic rings. The highest BCUT2D eigenvalue weighted by Crippen LogP contribution is 2.46. The number of rotatable bonds is 12. The first-order valence-corrected chi connectivity index (χ1v) is 16.3. The zero-order valence-electron chi connectivity index (χ0n) is 27.6. The lowest BCUT2D eigenvalue weighted by atomic mass is 10.0. The molecule has 0 bridgehead atoms. The van der Waals surface area contributed by atoms with Gasteiger partial charge in [0, 0.05) is 0 Å². The summed E-state index contributed by atoms with van der Waals surface area (Å²) in [6, 6.07) is 17.6. The number of nitrogens with one attached hydrogen (secondary N) is 2. The van der Waals surface area contributed by atoms with Crippen molar-refractivity contribution in [3.63, 3.8) is 0 Å². The van der Waals surface area contributed by atoms with Crippen molar-refractivity contribution >= 4 is 54.1 Å². The van der Waals surface area contributed by atoms with Crippen molar-refractivity contribution in [1.29, 1.82) is 0 Å². The standard InChI is InChI=1S/C34H37N5O8S.HI/c1-21-18-38(37(16-17-45-20-41)29(21)35-19-40)26-22(2)48-31-25(36-33(44)47-34(3,4)5)30(42)39(31)27(26)32(43)46-28(23-12-8-6-9-13-23)24-14-10-7-11-15-24;/h6-15,18-20,22,25,28,31H,16-17H2,1-5H3,(H,36,44);1H/t22?,25-,31-;/m1./s1. The van der Waals surface area contributed by atoms with Crippen LogP contribution in [0.5, 0.6) is 0 Å². The summed E-state index contributed by atoms with van der Waals surface area (Å²) in [5, 5.41) is 4.27. The van der Waals surface area contributed by atoms with Crippen LogP contribution in [-0.4, -0.2) is 69.3 Å². The van der Waals surface area contributed by atoms with E-state index in [2.05, 4.69) is 10.6 Å². The highest BCUT2D eigenvalue weighted by Gasteiger charge is 2.57. The van der Waals surface area contributed by atoms with Gasteiger partial charge in [-0.05, 0) is 45.7 Å². The van der Waals surface area contributed by atoms with Crippen LogP contribution >= 0.6 is 11.8 Å². The van der Waals surface area contributed by atoms with Gasteiger partial charge in [-0.15, -0.1) is 16.4 Å². The quantitative estimate of drug-likeness (QED) is 0.0509. The molecule has 0 aliphatic carbocycles. The number of aromatic nitrogens is 2. The fourth-order valence-electron chi connectivity index (χ4n) is 5.72. The minimum atomic E-state index is -0.956. The van der Waals surface area contributed by atoms with Crippen LogP contribution in [0.2, 0.25) is 0 Å². The van der Waals surface area contributed by atoms with E-state index in [0.29, 0.717) is 30.0 Å².